The normalized spacial score (nSPS) is 34.7. The first-order valence-electron chi connectivity index (χ1n) is 7.38. The number of nitrogens with two attached hydrogens (primary N) is 1. The molecule has 0 aromatic rings. The number of piperidine rings is 1. The predicted molar refractivity (Wildman–Crippen MR) is 74.7 cm³/mol. The molecule has 0 saturated carbocycles. The molecule has 2 aliphatic rings. The second-order valence-electron chi connectivity index (χ2n) is 6.09. The van der Waals surface area contributed by atoms with E-state index in [0.717, 1.165) is 26.1 Å². The summed E-state index contributed by atoms with van der Waals surface area (Å²) in [5, 5.41) is 0. The lowest BCUT2D eigenvalue weighted by atomic mass is 9.83. The van der Waals surface area contributed by atoms with Crippen LogP contribution in [0.2, 0.25) is 0 Å². The van der Waals surface area contributed by atoms with Gasteiger partial charge in [-0.2, -0.15) is 0 Å². The van der Waals surface area contributed by atoms with Gasteiger partial charge in [-0.3, -0.25) is 4.90 Å². The van der Waals surface area contributed by atoms with Crippen LogP contribution in [0.4, 0.5) is 0 Å². The van der Waals surface area contributed by atoms with Crippen LogP contribution in [0.3, 0.4) is 0 Å². The highest BCUT2D eigenvalue weighted by Gasteiger charge is 2.43. The zero-order valence-corrected chi connectivity index (χ0v) is 12.2. The van der Waals surface area contributed by atoms with E-state index < -0.39 is 0 Å². The lowest BCUT2D eigenvalue weighted by molar-refractivity contribution is -0.111. The maximum Gasteiger partial charge on any atom is 0.0675 e. The molecule has 2 saturated heterocycles. The fourth-order valence-corrected chi connectivity index (χ4v) is 3.41. The van der Waals surface area contributed by atoms with E-state index in [0.29, 0.717) is 12.1 Å². The molecule has 0 amide bonds. The summed E-state index contributed by atoms with van der Waals surface area (Å²) < 4.78 is 5.82. The Morgan fingerprint density at radius 2 is 2.00 bits per heavy atom. The van der Waals surface area contributed by atoms with Gasteiger partial charge in [0.2, 0.25) is 0 Å². The molecule has 2 atom stereocenters. The van der Waals surface area contributed by atoms with Crippen molar-refractivity contribution < 1.29 is 4.74 Å². The summed E-state index contributed by atoms with van der Waals surface area (Å²) in [4.78, 5) is 5.09. The number of hydrogen-bond donors (Lipinski definition) is 1. The summed E-state index contributed by atoms with van der Waals surface area (Å²) >= 11 is 0. The number of rotatable bonds is 3. The largest absolute Gasteiger partial charge is 0.376 e. The molecule has 2 aliphatic heterocycles. The average molecular weight is 255 g/mol. The van der Waals surface area contributed by atoms with Crippen molar-refractivity contribution in [3.8, 4) is 0 Å². The van der Waals surface area contributed by atoms with Gasteiger partial charge in [0.1, 0.15) is 0 Å². The van der Waals surface area contributed by atoms with Crippen molar-refractivity contribution in [2.45, 2.75) is 50.8 Å². The van der Waals surface area contributed by atoms with Gasteiger partial charge in [0.05, 0.1) is 12.7 Å². The van der Waals surface area contributed by atoms with Gasteiger partial charge in [-0.25, -0.2) is 0 Å². The van der Waals surface area contributed by atoms with E-state index in [4.69, 9.17) is 10.5 Å². The van der Waals surface area contributed by atoms with E-state index in [1.165, 1.54) is 25.9 Å². The second kappa shape index (κ2) is 5.87. The zero-order chi connectivity index (χ0) is 13.2. The first kappa shape index (κ1) is 14.3. The average Bonchev–Trinajstić information content (AvgIpc) is 2.40. The molecule has 0 aliphatic carbocycles. The standard InChI is InChI=1S/C14H29N3O/c1-4-13-10-18-12(2)9-17(13)14(11-15)5-7-16(3)8-6-14/h12-13H,4-11,15H2,1-3H3. The molecule has 4 nitrogen and oxygen atoms in total. The summed E-state index contributed by atoms with van der Waals surface area (Å²) in [5.41, 5.74) is 6.39. The van der Waals surface area contributed by atoms with Crippen molar-refractivity contribution in [1.29, 1.82) is 0 Å². The number of likely N-dealkylation sites (tertiary alicyclic amines) is 1. The molecule has 2 fully saturated rings. The SMILES string of the molecule is CCC1COC(C)CN1C1(CN)CCN(C)CC1. The smallest absolute Gasteiger partial charge is 0.0675 e. The molecule has 2 rings (SSSR count). The van der Waals surface area contributed by atoms with Gasteiger partial charge >= 0.3 is 0 Å². The van der Waals surface area contributed by atoms with Crippen LogP contribution < -0.4 is 5.73 Å². The summed E-state index contributed by atoms with van der Waals surface area (Å²) in [6.07, 6.45) is 3.90. The highest BCUT2D eigenvalue weighted by Crippen LogP contribution is 2.32. The van der Waals surface area contributed by atoms with Gasteiger partial charge in [0.15, 0.2) is 0 Å². The van der Waals surface area contributed by atoms with Crippen LogP contribution in [-0.2, 0) is 4.74 Å². The van der Waals surface area contributed by atoms with Gasteiger partial charge in [-0.1, -0.05) is 6.92 Å². The Labute approximate surface area is 111 Å². The highest BCUT2D eigenvalue weighted by molar-refractivity contribution is 4.99. The minimum absolute atomic E-state index is 0.214. The quantitative estimate of drug-likeness (QED) is 0.814. The summed E-state index contributed by atoms with van der Waals surface area (Å²) in [7, 11) is 2.21. The molecule has 0 aromatic heterocycles. The van der Waals surface area contributed by atoms with Gasteiger partial charge in [-0.05, 0) is 46.3 Å². The Morgan fingerprint density at radius 3 is 2.56 bits per heavy atom. The monoisotopic (exact) mass is 255 g/mol. The van der Waals surface area contributed by atoms with Gasteiger partial charge in [0.25, 0.3) is 0 Å². The molecule has 4 heteroatoms. The maximum absolute atomic E-state index is 6.18. The molecule has 0 bridgehead atoms. The van der Waals surface area contributed by atoms with Crippen molar-refractivity contribution in [1.82, 2.24) is 9.80 Å². The Kier molecular flexibility index (Phi) is 4.64. The van der Waals surface area contributed by atoms with Crippen LogP contribution in [0, 0.1) is 0 Å². The van der Waals surface area contributed by atoms with E-state index in [9.17, 15) is 0 Å². The van der Waals surface area contributed by atoms with E-state index in [2.05, 4.69) is 30.7 Å². The van der Waals surface area contributed by atoms with Crippen LogP contribution in [0.15, 0.2) is 0 Å². The lowest BCUT2D eigenvalue weighted by Crippen LogP contribution is -2.65. The third-order valence-corrected chi connectivity index (χ3v) is 4.85. The Morgan fingerprint density at radius 1 is 1.33 bits per heavy atom. The topological polar surface area (TPSA) is 41.7 Å². The molecule has 0 spiro atoms. The third-order valence-electron chi connectivity index (χ3n) is 4.85. The highest BCUT2D eigenvalue weighted by atomic mass is 16.5. The Bertz CT molecular complexity index is 264. The first-order chi connectivity index (χ1) is 8.61. The predicted octanol–water partition coefficient (Wildman–Crippen LogP) is 0.909. The molecule has 2 heterocycles. The zero-order valence-electron chi connectivity index (χ0n) is 12.2. The number of hydrogen-bond acceptors (Lipinski definition) is 4. The minimum Gasteiger partial charge on any atom is -0.376 e. The fraction of sp³-hybridized carbons (Fsp3) is 1.00. The van der Waals surface area contributed by atoms with E-state index in [1.54, 1.807) is 0 Å². The molecule has 18 heavy (non-hydrogen) atoms. The van der Waals surface area contributed by atoms with Gasteiger partial charge < -0.3 is 15.4 Å². The van der Waals surface area contributed by atoms with Crippen molar-refractivity contribution in [3.05, 3.63) is 0 Å². The molecule has 0 aromatic carbocycles. The molecule has 0 radical (unpaired) electrons. The Balaban J connectivity index is 2.13. The van der Waals surface area contributed by atoms with E-state index >= 15 is 0 Å². The van der Waals surface area contributed by atoms with Gasteiger partial charge in [0, 0.05) is 24.7 Å². The molecule has 2 N–H and O–H groups in total. The summed E-state index contributed by atoms with van der Waals surface area (Å²) in [6, 6.07) is 0.549. The number of morpholine rings is 1. The number of ether oxygens (including phenoxy) is 1. The molecular formula is C14H29N3O. The molecule has 2 unspecified atom stereocenters. The van der Waals surface area contributed by atoms with E-state index in [1.807, 2.05) is 0 Å². The van der Waals surface area contributed by atoms with Crippen LogP contribution in [0.25, 0.3) is 0 Å². The molecule has 106 valence electrons. The minimum atomic E-state index is 0.214. The van der Waals surface area contributed by atoms with Crippen LogP contribution in [-0.4, -0.2) is 67.3 Å². The first-order valence-corrected chi connectivity index (χ1v) is 7.38. The number of nitrogens with zero attached hydrogens (tertiary/aromatic N) is 2. The van der Waals surface area contributed by atoms with Crippen LogP contribution in [0.1, 0.15) is 33.1 Å². The second-order valence-corrected chi connectivity index (χ2v) is 6.09. The fourth-order valence-electron chi connectivity index (χ4n) is 3.41. The van der Waals surface area contributed by atoms with E-state index in [-0.39, 0.29) is 5.54 Å². The molecular weight excluding hydrogens is 226 g/mol. The maximum atomic E-state index is 6.18. The third kappa shape index (κ3) is 2.72. The van der Waals surface area contributed by atoms with Crippen molar-refractivity contribution in [3.63, 3.8) is 0 Å². The van der Waals surface area contributed by atoms with Crippen molar-refractivity contribution >= 4 is 0 Å². The van der Waals surface area contributed by atoms with Crippen molar-refractivity contribution in [2.24, 2.45) is 5.73 Å². The van der Waals surface area contributed by atoms with Crippen molar-refractivity contribution in [2.75, 3.05) is 39.8 Å². The summed E-state index contributed by atoms with van der Waals surface area (Å²) in [6.45, 7) is 9.46. The van der Waals surface area contributed by atoms with Crippen LogP contribution in [0.5, 0.6) is 0 Å². The lowest BCUT2D eigenvalue weighted by Gasteiger charge is -2.53. The summed E-state index contributed by atoms with van der Waals surface area (Å²) in [5.74, 6) is 0. The Hall–Kier alpha value is -0.160. The van der Waals surface area contributed by atoms with Crippen LogP contribution >= 0.6 is 0 Å². The van der Waals surface area contributed by atoms with Gasteiger partial charge in [-0.15, -0.1) is 0 Å².